The molecule has 0 bridgehead atoms. The van der Waals surface area contributed by atoms with Gasteiger partial charge in [0, 0.05) is 33.2 Å². The first-order chi connectivity index (χ1) is 11.7. The van der Waals surface area contributed by atoms with Crippen LogP contribution in [0.15, 0.2) is 16.9 Å². The van der Waals surface area contributed by atoms with Crippen LogP contribution in [0.5, 0.6) is 0 Å². The molecule has 25 heavy (non-hydrogen) atoms. The highest BCUT2D eigenvalue weighted by Gasteiger charge is 2.16. The number of hydrogen-bond acceptors (Lipinski definition) is 5. The van der Waals surface area contributed by atoms with Crippen LogP contribution in [0.1, 0.15) is 65.2 Å². The Morgan fingerprint density at radius 3 is 2.20 bits per heavy atom. The molecule has 0 aromatic heterocycles. The molecule has 0 saturated carbocycles. The van der Waals surface area contributed by atoms with Crippen LogP contribution in [-0.2, 0) is 0 Å². The van der Waals surface area contributed by atoms with E-state index in [1.54, 1.807) is 0 Å². The molecule has 1 rings (SSSR count). The summed E-state index contributed by atoms with van der Waals surface area (Å²) in [5.41, 5.74) is 0. The van der Waals surface area contributed by atoms with E-state index in [2.05, 4.69) is 35.0 Å². The molecular formula is C19H39BrN4O. The molecular weight excluding hydrogens is 380 g/mol. The fourth-order valence-electron chi connectivity index (χ4n) is 2.89. The zero-order valence-electron chi connectivity index (χ0n) is 16.5. The van der Waals surface area contributed by atoms with Crippen LogP contribution >= 0.6 is 17.0 Å². The lowest BCUT2D eigenvalue weighted by Gasteiger charge is -2.31. The van der Waals surface area contributed by atoms with Crippen LogP contribution in [0.4, 0.5) is 0 Å². The van der Waals surface area contributed by atoms with Gasteiger partial charge < -0.3 is 20.2 Å². The van der Waals surface area contributed by atoms with E-state index in [-0.39, 0.29) is 23.6 Å². The average Bonchev–Trinajstić information content (AvgIpc) is 2.60. The van der Waals surface area contributed by atoms with Gasteiger partial charge in [0.25, 0.3) is 0 Å². The van der Waals surface area contributed by atoms with Gasteiger partial charge >= 0.3 is 0 Å². The standard InChI is InChI=1S/C19H38N4O.BrH/c1-4-6-8-10-14-23(15-11-9-7-5-2)18-12-16-22(3)19(21-18)20-13-17-24;/h12,24H,4-11,13-17H2,1-3H3,(H,20,21);1H. The van der Waals surface area contributed by atoms with Crippen LogP contribution in [-0.4, -0.2) is 60.7 Å². The molecule has 1 aliphatic rings. The van der Waals surface area contributed by atoms with Gasteiger partial charge in [-0.2, -0.15) is 4.99 Å². The second kappa shape index (κ2) is 15.5. The highest BCUT2D eigenvalue weighted by Crippen LogP contribution is 2.15. The first-order valence-electron chi connectivity index (χ1n) is 9.82. The molecule has 5 nitrogen and oxygen atoms in total. The quantitative estimate of drug-likeness (QED) is 0.447. The van der Waals surface area contributed by atoms with Crippen LogP contribution in [0.25, 0.3) is 0 Å². The van der Waals surface area contributed by atoms with E-state index in [9.17, 15) is 0 Å². The predicted molar refractivity (Wildman–Crippen MR) is 113 cm³/mol. The number of hydrogen-bond donors (Lipinski definition) is 2. The van der Waals surface area contributed by atoms with Gasteiger partial charge in [-0.3, -0.25) is 0 Å². The van der Waals surface area contributed by atoms with Gasteiger partial charge in [0.05, 0.1) is 6.61 Å². The van der Waals surface area contributed by atoms with Crippen molar-refractivity contribution in [3.63, 3.8) is 0 Å². The molecule has 0 unspecified atom stereocenters. The van der Waals surface area contributed by atoms with Gasteiger partial charge in [0.15, 0.2) is 0 Å². The van der Waals surface area contributed by atoms with Crippen LogP contribution in [0.3, 0.4) is 0 Å². The third-order valence-electron chi connectivity index (χ3n) is 4.41. The van der Waals surface area contributed by atoms with Crippen LogP contribution < -0.4 is 5.32 Å². The van der Waals surface area contributed by atoms with Gasteiger partial charge in [-0.1, -0.05) is 52.4 Å². The Morgan fingerprint density at radius 2 is 1.68 bits per heavy atom. The first-order valence-corrected chi connectivity index (χ1v) is 9.82. The summed E-state index contributed by atoms with van der Waals surface area (Å²) in [7, 11) is 2.03. The molecule has 0 fully saturated rings. The second-order valence-electron chi connectivity index (χ2n) is 6.64. The van der Waals surface area contributed by atoms with E-state index >= 15 is 0 Å². The lowest BCUT2D eigenvalue weighted by Crippen LogP contribution is -2.43. The van der Waals surface area contributed by atoms with Crippen LogP contribution in [0.2, 0.25) is 0 Å². The average molecular weight is 419 g/mol. The molecule has 2 N–H and O–H groups in total. The Labute approximate surface area is 165 Å². The Kier molecular flexibility index (Phi) is 15.0. The summed E-state index contributed by atoms with van der Waals surface area (Å²) in [6.07, 6.45) is 12.5. The normalized spacial score (nSPS) is 13.8. The Bertz CT molecular complexity index is 376. The van der Waals surface area contributed by atoms with Gasteiger partial charge in [0.2, 0.25) is 5.96 Å². The Morgan fingerprint density at radius 1 is 1.08 bits per heavy atom. The molecule has 1 aliphatic heterocycles. The zero-order chi connectivity index (χ0) is 17.6. The number of guanidine groups is 1. The van der Waals surface area contributed by atoms with E-state index in [0.717, 1.165) is 31.4 Å². The molecule has 0 aromatic carbocycles. The molecule has 0 aromatic rings. The first kappa shape index (κ1) is 24.2. The summed E-state index contributed by atoms with van der Waals surface area (Å²) in [4.78, 5) is 9.35. The Hall–Kier alpha value is -0.750. The Balaban J connectivity index is 0.00000576. The second-order valence-corrected chi connectivity index (χ2v) is 6.64. The van der Waals surface area contributed by atoms with Crippen LogP contribution in [0, 0.1) is 0 Å². The largest absolute Gasteiger partial charge is 0.395 e. The zero-order valence-corrected chi connectivity index (χ0v) is 18.2. The third kappa shape index (κ3) is 10.1. The van der Waals surface area contributed by atoms with Crippen molar-refractivity contribution in [2.75, 3.05) is 39.8 Å². The maximum atomic E-state index is 9.03. The SMILES string of the molecule is Br.CCCCCCN(CCCCCC)C1=CCN(C)C(NCCO)=N1. The summed E-state index contributed by atoms with van der Waals surface area (Å²) in [6.45, 7) is 8.24. The van der Waals surface area contributed by atoms with Gasteiger partial charge in [-0.05, 0) is 18.9 Å². The number of rotatable bonds is 13. The summed E-state index contributed by atoms with van der Waals surface area (Å²) >= 11 is 0. The van der Waals surface area contributed by atoms with Crippen molar-refractivity contribution in [2.45, 2.75) is 65.2 Å². The minimum Gasteiger partial charge on any atom is -0.395 e. The minimum atomic E-state index is 0. The maximum Gasteiger partial charge on any atom is 0.200 e. The molecule has 0 amide bonds. The number of aliphatic hydroxyl groups is 1. The van der Waals surface area contributed by atoms with Crippen molar-refractivity contribution >= 4 is 22.9 Å². The molecule has 0 radical (unpaired) electrons. The molecule has 148 valence electrons. The molecule has 6 heteroatoms. The number of nitrogens with one attached hydrogen (secondary N) is 1. The third-order valence-corrected chi connectivity index (χ3v) is 4.41. The molecule has 1 heterocycles. The van der Waals surface area contributed by atoms with Gasteiger partial charge in [0.1, 0.15) is 5.82 Å². The fourth-order valence-corrected chi connectivity index (χ4v) is 2.89. The summed E-state index contributed by atoms with van der Waals surface area (Å²) < 4.78 is 0. The van der Waals surface area contributed by atoms with Crippen molar-refractivity contribution in [1.29, 1.82) is 0 Å². The topological polar surface area (TPSA) is 51.1 Å². The van der Waals surface area contributed by atoms with Crippen molar-refractivity contribution in [3.8, 4) is 0 Å². The van der Waals surface area contributed by atoms with E-state index < -0.39 is 0 Å². The van der Waals surface area contributed by atoms with Crippen molar-refractivity contribution in [1.82, 2.24) is 15.1 Å². The molecule has 0 saturated heterocycles. The minimum absolute atomic E-state index is 0. The number of aliphatic imine (C=N–C) groups is 1. The van der Waals surface area contributed by atoms with Crippen molar-refractivity contribution < 1.29 is 5.11 Å². The van der Waals surface area contributed by atoms with Crippen molar-refractivity contribution in [3.05, 3.63) is 11.9 Å². The molecule has 0 atom stereocenters. The van der Waals surface area contributed by atoms with E-state index in [0.29, 0.717) is 6.54 Å². The van der Waals surface area contributed by atoms with Gasteiger partial charge in [-0.15, -0.1) is 17.0 Å². The lowest BCUT2D eigenvalue weighted by atomic mass is 10.1. The van der Waals surface area contributed by atoms with E-state index in [1.807, 2.05) is 7.05 Å². The lowest BCUT2D eigenvalue weighted by molar-refractivity contribution is 0.295. The smallest absolute Gasteiger partial charge is 0.200 e. The summed E-state index contributed by atoms with van der Waals surface area (Å²) in [5.74, 6) is 1.97. The van der Waals surface area contributed by atoms with E-state index in [1.165, 1.54) is 51.4 Å². The number of unbranched alkanes of at least 4 members (excludes halogenated alkanes) is 6. The van der Waals surface area contributed by atoms with E-state index in [4.69, 9.17) is 10.1 Å². The maximum absolute atomic E-state index is 9.03. The van der Waals surface area contributed by atoms with Crippen molar-refractivity contribution in [2.24, 2.45) is 4.99 Å². The predicted octanol–water partition coefficient (Wildman–Crippen LogP) is 3.75. The highest BCUT2D eigenvalue weighted by molar-refractivity contribution is 8.93. The molecule has 0 aliphatic carbocycles. The fraction of sp³-hybridized carbons (Fsp3) is 0.842. The van der Waals surface area contributed by atoms with Gasteiger partial charge in [-0.25, -0.2) is 0 Å². The number of nitrogens with zero attached hydrogens (tertiary/aromatic N) is 3. The summed E-state index contributed by atoms with van der Waals surface area (Å²) in [5, 5.41) is 12.2. The molecule has 0 spiro atoms. The summed E-state index contributed by atoms with van der Waals surface area (Å²) in [6, 6.07) is 0. The monoisotopic (exact) mass is 418 g/mol. The number of likely N-dealkylation sites (N-methyl/N-ethyl adjacent to an activating group) is 1. The number of aliphatic hydroxyl groups excluding tert-OH is 1. The highest BCUT2D eigenvalue weighted by atomic mass is 79.9. The number of halogens is 1.